The van der Waals surface area contributed by atoms with Gasteiger partial charge in [0, 0.05) is 38.0 Å². The van der Waals surface area contributed by atoms with Crippen molar-refractivity contribution in [2.75, 3.05) is 26.2 Å². The summed E-state index contributed by atoms with van der Waals surface area (Å²) >= 11 is 0. The molecule has 2 aromatic rings. The average Bonchev–Trinajstić information content (AvgIpc) is 3.68. The Kier molecular flexibility index (Phi) is 4.42. The van der Waals surface area contributed by atoms with E-state index in [0.29, 0.717) is 38.0 Å². The normalized spacial score (nSPS) is 28.7. The smallest absolute Gasteiger partial charge is 0.226 e. The molecule has 5 rings (SSSR count). The fourth-order valence-corrected chi connectivity index (χ4v) is 4.69. The number of carbonyl (C=O) groups excluding carboxylic acids is 2. The van der Waals surface area contributed by atoms with Gasteiger partial charge in [-0.2, -0.15) is 0 Å². The SMILES string of the molecule is O=C(C1CC1c1ccccc1)N1CCN(C(=O)C2CC2c2ccccc2)CC1. The molecule has 1 heterocycles. The van der Waals surface area contributed by atoms with Crippen LogP contribution in [0.15, 0.2) is 60.7 Å². The van der Waals surface area contributed by atoms with Crippen LogP contribution in [0, 0.1) is 11.8 Å². The summed E-state index contributed by atoms with van der Waals surface area (Å²) in [6.07, 6.45) is 1.92. The maximum absolute atomic E-state index is 12.8. The van der Waals surface area contributed by atoms with Crippen LogP contribution in [0.25, 0.3) is 0 Å². The summed E-state index contributed by atoms with van der Waals surface area (Å²) in [5.41, 5.74) is 2.55. The molecule has 144 valence electrons. The van der Waals surface area contributed by atoms with Crippen LogP contribution in [0.3, 0.4) is 0 Å². The second-order valence-corrected chi connectivity index (χ2v) is 8.37. The molecule has 4 unspecified atom stereocenters. The number of benzene rings is 2. The largest absolute Gasteiger partial charge is 0.339 e. The summed E-state index contributed by atoms with van der Waals surface area (Å²) < 4.78 is 0. The van der Waals surface area contributed by atoms with Crippen molar-refractivity contribution in [3.63, 3.8) is 0 Å². The van der Waals surface area contributed by atoms with Crippen molar-refractivity contribution in [2.45, 2.75) is 24.7 Å². The third-order valence-electron chi connectivity index (χ3n) is 6.57. The molecule has 0 aromatic heterocycles. The number of hydrogen-bond acceptors (Lipinski definition) is 2. The van der Waals surface area contributed by atoms with Crippen LogP contribution in [-0.2, 0) is 9.59 Å². The van der Waals surface area contributed by atoms with Crippen LogP contribution in [0.4, 0.5) is 0 Å². The molecule has 0 N–H and O–H groups in total. The highest BCUT2D eigenvalue weighted by Gasteiger charge is 2.48. The van der Waals surface area contributed by atoms with Gasteiger partial charge in [0.15, 0.2) is 0 Å². The van der Waals surface area contributed by atoms with Gasteiger partial charge in [-0.05, 0) is 35.8 Å². The van der Waals surface area contributed by atoms with Gasteiger partial charge in [-0.1, -0.05) is 60.7 Å². The minimum atomic E-state index is 0.135. The minimum Gasteiger partial charge on any atom is -0.339 e. The zero-order valence-corrected chi connectivity index (χ0v) is 16.0. The third kappa shape index (κ3) is 3.32. The number of nitrogens with zero attached hydrogens (tertiary/aromatic N) is 2. The van der Waals surface area contributed by atoms with E-state index < -0.39 is 0 Å². The van der Waals surface area contributed by atoms with Gasteiger partial charge < -0.3 is 9.80 Å². The molecule has 4 nitrogen and oxygen atoms in total. The Morgan fingerprint density at radius 2 is 0.964 bits per heavy atom. The van der Waals surface area contributed by atoms with Gasteiger partial charge in [0.1, 0.15) is 0 Å². The van der Waals surface area contributed by atoms with Gasteiger partial charge in [0.05, 0.1) is 0 Å². The Bertz CT molecular complexity index is 785. The summed E-state index contributed by atoms with van der Waals surface area (Å²) in [7, 11) is 0. The first kappa shape index (κ1) is 17.5. The standard InChI is InChI=1S/C24H26N2O2/c27-23(21-15-19(21)17-7-3-1-4-8-17)25-11-13-26(14-12-25)24(28)22-16-20(22)18-9-5-2-6-10-18/h1-10,19-22H,11-16H2. The Labute approximate surface area is 166 Å². The van der Waals surface area contributed by atoms with E-state index in [2.05, 4.69) is 24.3 Å². The van der Waals surface area contributed by atoms with Crippen LogP contribution < -0.4 is 0 Å². The topological polar surface area (TPSA) is 40.6 Å². The highest BCUT2D eigenvalue weighted by molar-refractivity contribution is 5.85. The molecular formula is C24H26N2O2. The van der Waals surface area contributed by atoms with Gasteiger partial charge in [0.2, 0.25) is 11.8 Å². The first-order valence-electron chi connectivity index (χ1n) is 10.4. The van der Waals surface area contributed by atoms with Crippen molar-refractivity contribution in [3.05, 3.63) is 71.8 Å². The van der Waals surface area contributed by atoms with Crippen molar-refractivity contribution in [1.82, 2.24) is 9.80 Å². The maximum Gasteiger partial charge on any atom is 0.226 e. The fraction of sp³-hybridized carbons (Fsp3) is 0.417. The molecule has 2 aromatic carbocycles. The second-order valence-electron chi connectivity index (χ2n) is 8.37. The molecule has 0 radical (unpaired) electrons. The van der Waals surface area contributed by atoms with E-state index in [4.69, 9.17) is 0 Å². The number of rotatable bonds is 4. The Morgan fingerprint density at radius 3 is 1.32 bits per heavy atom. The highest BCUT2D eigenvalue weighted by Crippen LogP contribution is 2.49. The molecule has 4 heteroatoms. The highest BCUT2D eigenvalue weighted by atomic mass is 16.2. The van der Waals surface area contributed by atoms with E-state index >= 15 is 0 Å². The molecule has 2 aliphatic carbocycles. The molecule has 1 saturated heterocycles. The van der Waals surface area contributed by atoms with Crippen LogP contribution in [-0.4, -0.2) is 47.8 Å². The van der Waals surface area contributed by atoms with Crippen molar-refractivity contribution in [2.24, 2.45) is 11.8 Å². The lowest BCUT2D eigenvalue weighted by Gasteiger charge is -2.35. The Balaban J connectivity index is 1.12. The van der Waals surface area contributed by atoms with Crippen LogP contribution in [0.2, 0.25) is 0 Å². The number of hydrogen-bond donors (Lipinski definition) is 0. The molecule has 2 amide bonds. The maximum atomic E-state index is 12.8. The predicted octanol–water partition coefficient (Wildman–Crippen LogP) is 3.26. The molecule has 0 bridgehead atoms. The zero-order chi connectivity index (χ0) is 19.1. The summed E-state index contributed by atoms with van der Waals surface area (Å²) in [4.78, 5) is 29.6. The zero-order valence-electron chi connectivity index (χ0n) is 16.0. The van der Waals surface area contributed by atoms with Crippen LogP contribution >= 0.6 is 0 Å². The van der Waals surface area contributed by atoms with Crippen LogP contribution in [0.5, 0.6) is 0 Å². The quantitative estimate of drug-likeness (QED) is 0.824. The molecule has 2 saturated carbocycles. The molecular weight excluding hydrogens is 348 g/mol. The predicted molar refractivity (Wildman–Crippen MR) is 108 cm³/mol. The third-order valence-corrected chi connectivity index (χ3v) is 6.57. The lowest BCUT2D eigenvalue weighted by Crippen LogP contribution is -2.51. The lowest BCUT2D eigenvalue weighted by atomic mass is 10.1. The molecule has 3 fully saturated rings. The van der Waals surface area contributed by atoms with Gasteiger partial charge >= 0.3 is 0 Å². The van der Waals surface area contributed by atoms with Crippen molar-refractivity contribution >= 4 is 11.8 Å². The van der Waals surface area contributed by atoms with E-state index in [1.165, 1.54) is 11.1 Å². The lowest BCUT2D eigenvalue weighted by molar-refractivity contribution is -0.141. The van der Waals surface area contributed by atoms with Crippen molar-refractivity contribution in [1.29, 1.82) is 0 Å². The summed E-state index contributed by atoms with van der Waals surface area (Å²) in [5, 5.41) is 0. The number of carbonyl (C=O) groups is 2. The molecule has 28 heavy (non-hydrogen) atoms. The van der Waals surface area contributed by atoms with Gasteiger partial charge in [-0.15, -0.1) is 0 Å². The molecule has 0 spiro atoms. The average molecular weight is 374 g/mol. The Hall–Kier alpha value is -2.62. The van der Waals surface area contributed by atoms with E-state index in [1.807, 2.05) is 46.2 Å². The molecule has 4 atom stereocenters. The summed E-state index contributed by atoms with van der Waals surface area (Å²) in [6, 6.07) is 20.7. The monoisotopic (exact) mass is 374 g/mol. The van der Waals surface area contributed by atoms with Crippen molar-refractivity contribution < 1.29 is 9.59 Å². The molecule has 1 aliphatic heterocycles. The van der Waals surface area contributed by atoms with E-state index in [-0.39, 0.29) is 23.7 Å². The number of piperazine rings is 1. The van der Waals surface area contributed by atoms with E-state index in [1.54, 1.807) is 0 Å². The Morgan fingerprint density at radius 1 is 0.607 bits per heavy atom. The number of amides is 2. The van der Waals surface area contributed by atoms with Gasteiger partial charge in [-0.25, -0.2) is 0 Å². The second kappa shape index (κ2) is 7.08. The minimum absolute atomic E-state index is 0.135. The first-order valence-corrected chi connectivity index (χ1v) is 10.4. The first-order chi connectivity index (χ1) is 13.7. The summed E-state index contributed by atoms with van der Waals surface area (Å²) in [5.74, 6) is 1.58. The van der Waals surface area contributed by atoms with E-state index in [9.17, 15) is 9.59 Å². The summed E-state index contributed by atoms with van der Waals surface area (Å²) in [6.45, 7) is 2.69. The van der Waals surface area contributed by atoms with Crippen molar-refractivity contribution in [3.8, 4) is 0 Å². The van der Waals surface area contributed by atoms with E-state index in [0.717, 1.165) is 12.8 Å². The molecule has 3 aliphatic rings. The van der Waals surface area contributed by atoms with Gasteiger partial charge in [-0.3, -0.25) is 9.59 Å². The van der Waals surface area contributed by atoms with Gasteiger partial charge in [0.25, 0.3) is 0 Å². The van der Waals surface area contributed by atoms with Crippen LogP contribution in [0.1, 0.15) is 35.8 Å². The fourth-order valence-electron chi connectivity index (χ4n) is 4.69.